The first-order valence-corrected chi connectivity index (χ1v) is 17.8. The fourth-order valence-corrected chi connectivity index (χ4v) is 8.67. The fraction of sp³-hybridized carbons (Fsp3) is 0.545. The average Bonchev–Trinajstić information content (AvgIpc) is 3.70. The number of carbonyl (C=O) groups is 1. The number of nitrogen functional groups attached to an aromatic ring is 1. The molecular weight excluding hydrogens is 698 g/mol. The van der Waals surface area contributed by atoms with Crippen LogP contribution >= 0.6 is 23.4 Å². The van der Waals surface area contributed by atoms with E-state index in [0.29, 0.717) is 61.6 Å². The van der Waals surface area contributed by atoms with Gasteiger partial charge in [0, 0.05) is 55.7 Å². The molecule has 4 aliphatic heterocycles. The lowest BCUT2D eigenvalue weighted by Crippen LogP contribution is -2.27. The van der Waals surface area contributed by atoms with E-state index in [-0.39, 0.29) is 40.4 Å². The van der Waals surface area contributed by atoms with Crippen LogP contribution in [0.25, 0.3) is 0 Å². The second kappa shape index (κ2) is 14.8. The van der Waals surface area contributed by atoms with E-state index >= 15 is 0 Å². The van der Waals surface area contributed by atoms with E-state index in [1.54, 1.807) is 4.68 Å². The summed E-state index contributed by atoms with van der Waals surface area (Å²) < 4.78 is 62.5. The maximum absolute atomic E-state index is 14.3. The monoisotopic (exact) mass is 735 g/mol. The number of carbonyl (C=O) groups excluding carboxylic acids is 1. The van der Waals surface area contributed by atoms with Crippen molar-refractivity contribution < 1.29 is 27.1 Å². The number of hydrogen-bond donors (Lipinski definition) is 2. The number of nitrogens with two attached hydrogens (primary N) is 1. The van der Waals surface area contributed by atoms with Gasteiger partial charge in [-0.05, 0) is 56.7 Å². The third-order valence-electron chi connectivity index (χ3n) is 9.32. The molecule has 0 saturated carbocycles. The second-order valence-corrected chi connectivity index (χ2v) is 14.1. The number of rotatable bonds is 4. The van der Waals surface area contributed by atoms with E-state index in [1.807, 2.05) is 4.90 Å². The van der Waals surface area contributed by atoms with Crippen LogP contribution in [0.2, 0.25) is 5.02 Å². The highest BCUT2D eigenvalue weighted by molar-refractivity contribution is 7.98. The molecular formula is C33H38ClF4N9O2S. The molecule has 1 amide bonds. The zero-order valence-electron chi connectivity index (χ0n) is 27.9. The number of alkyl halides is 4. The standard InChI is InChI=1S/C26H26ClF3N8O2S.C7H12FN/c1-4-6-15-20(26(28,29)30)13(9-19(31)33-15)18-10-16-14(12-41-18)23(35-25(34-16)40-3)37-7-5-8-38-17(11-37)21(27)22(36-38)24(39)32-2;8-6-4-7-2-1-3-9(7)5-6/h9,18H,5,7-8,10-12H2,1-3H3,(H2,31,33)(H,32,39);6-7H,1-5H2. The number of pyridine rings is 1. The summed E-state index contributed by atoms with van der Waals surface area (Å²) in [5, 5.41) is 6.60. The minimum atomic E-state index is -4.67. The maximum atomic E-state index is 14.3. The van der Waals surface area contributed by atoms with E-state index < -0.39 is 28.9 Å². The Bertz CT molecular complexity index is 1820. The fourth-order valence-electron chi connectivity index (χ4n) is 7.08. The topological polar surface area (TPSA) is 127 Å². The third-order valence-corrected chi connectivity index (χ3v) is 11.0. The molecule has 2 fully saturated rings. The first-order chi connectivity index (χ1) is 23.9. The number of hydrogen-bond acceptors (Lipinski definition) is 10. The molecule has 0 bridgehead atoms. The van der Waals surface area contributed by atoms with Crippen molar-refractivity contribution in [2.45, 2.75) is 81.5 Å². The molecule has 7 rings (SSSR count). The summed E-state index contributed by atoms with van der Waals surface area (Å²) in [5.41, 5.74) is 6.85. The minimum Gasteiger partial charge on any atom is -0.467 e. The number of fused-ring (bicyclic) bond motifs is 3. The Balaban J connectivity index is 0.000000412. The Kier molecular flexibility index (Phi) is 10.7. The van der Waals surface area contributed by atoms with Crippen LogP contribution in [0.3, 0.4) is 0 Å². The van der Waals surface area contributed by atoms with Gasteiger partial charge < -0.3 is 20.7 Å². The second-order valence-electron chi connectivity index (χ2n) is 12.5. The number of methoxy groups -OCH3 is 1. The van der Waals surface area contributed by atoms with Gasteiger partial charge in [0.05, 0.1) is 35.6 Å². The van der Waals surface area contributed by atoms with E-state index in [9.17, 15) is 22.4 Å². The van der Waals surface area contributed by atoms with Gasteiger partial charge in [0.15, 0.2) is 5.69 Å². The molecule has 0 aromatic carbocycles. The molecule has 3 unspecified atom stereocenters. The smallest absolute Gasteiger partial charge is 0.419 e. The van der Waals surface area contributed by atoms with Crippen molar-refractivity contribution in [1.29, 1.82) is 0 Å². The Hall–Kier alpha value is -3.81. The van der Waals surface area contributed by atoms with Crippen molar-refractivity contribution in [1.82, 2.24) is 34.9 Å². The summed E-state index contributed by atoms with van der Waals surface area (Å²) in [4.78, 5) is 29.6. The summed E-state index contributed by atoms with van der Waals surface area (Å²) in [6.07, 6.45) is -0.980. The van der Waals surface area contributed by atoms with Gasteiger partial charge in [0.25, 0.3) is 5.91 Å². The van der Waals surface area contributed by atoms with E-state index in [2.05, 4.69) is 42.1 Å². The van der Waals surface area contributed by atoms with Crippen LogP contribution in [0.5, 0.6) is 6.01 Å². The number of aryl methyl sites for hydroxylation is 1. The van der Waals surface area contributed by atoms with Crippen LogP contribution in [-0.2, 0) is 31.4 Å². The van der Waals surface area contributed by atoms with E-state index in [1.165, 1.54) is 51.8 Å². The third kappa shape index (κ3) is 7.31. The summed E-state index contributed by atoms with van der Waals surface area (Å²) in [7, 11) is 2.95. The molecule has 0 spiro atoms. The van der Waals surface area contributed by atoms with Gasteiger partial charge in [-0.3, -0.25) is 14.4 Å². The highest BCUT2D eigenvalue weighted by Gasteiger charge is 2.41. The van der Waals surface area contributed by atoms with Crippen LogP contribution in [0.1, 0.15) is 82.1 Å². The van der Waals surface area contributed by atoms with Gasteiger partial charge in [-0.15, -0.1) is 11.8 Å². The first-order valence-electron chi connectivity index (χ1n) is 16.4. The van der Waals surface area contributed by atoms with Crippen molar-refractivity contribution >= 4 is 40.9 Å². The zero-order chi connectivity index (χ0) is 35.7. The number of aromatic nitrogens is 5. The van der Waals surface area contributed by atoms with Crippen molar-refractivity contribution in [2.24, 2.45) is 0 Å². The van der Waals surface area contributed by atoms with Crippen molar-refractivity contribution in [3.05, 3.63) is 50.6 Å². The van der Waals surface area contributed by atoms with Crippen molar-refractivity contribution in [3.8, 4) is 17.9 Å². The lowest BCUT2D eigenvalue weighted by atomic mass is 9.97. The molecule has 2 saturated heterocycles. The number of ether oxygens (including phenoxy) is 1. The Morgan fingerprint density at radius 3 is 2.70 bits per heavy atom. The number of halogens is 5. The Morgan fingerprint density at radius 2 is 2.00 bits per heavy atom. The predicted molar refractivity (Wildman–Crippen MR) is 183 cm³/mol. The van der Waals surface area contributed by atoms with Gasteiger partial charge in [-0.25, -0.2) is 9.37 Å². The Labute approximate surface area is 296 Å². The molecule has 0 radical (unpaired) electrons. The minimum absolute atomic E-state index is 0.0183. The number of nitrogens with one attached hydrogen (secondary N) is 1. The van der Waals surface area contributed by atoms with Gasteiger partial charge in [-0.2, -0.15) is 28.2 Å². The molecule has 3 atom stereocenters. The SMILES string of the molecule is CC#Cc1nc(N)cc(C2Cc3nc(OC)nc(N4CCCn5nc(C(=O)NC)c(Cl)c5C4)c3CS2)c1C(F)(F)F.FC1CC2CCCN2C1. The van der Waals surface area contributed by atoms with Crippen LogP contribution < -0.4 is 20.7 Å². The summed E-state index contributed by atoms with van der Waals surface area (Å²) >= 11 is 7.93. The molecule has 7 heterocycles. The quantitative estimate of drug-likeness (QED) is 0.273. The van der Waals surface area contributed by atoms with Crippen LogP contribution in [0.15, 0.2) is 6.07 Å². The number of thioether (sulfide) groups is 1. The van der Waals surface area contributed by atoms with Crippen LogP contribution in [0, 0.1) is 11.8 Å². The molecule has 3 aromatic rings. The van der Waals surface area contributed by atoms with Gasteiger partial charge >= 0.3 is 12.2 Å². The molecule has 0 aliphatic carbocycles. The van der Waals surface area contributed by atoms with Gasteiger partial charge in [-0.1, -0.05) is 17.5 Å². The molecule has 268 valence electrons. The predicted octanol–water partition coefficient (Wildman–Crippen LogP) is 5.20. The van der Waals surface area contributed by atoms with Gasteiger partial charge in [0.2, 0.25) is 0 Å². The summed E-state index contributed by atoms with van der Waals surface area (Å²) in [6, 6.07) is 1.98. The normalized spacial score (nSPS) is 21.5. The highest BCUT2D eigenvalue weighted by Crippen LogP contribution is 2.48. The number of anilines is 2. The lowest BCUT2D eigenvalue weighted by molar-refractivity contribution is -0.138. The van der Waals surface area contributed by atoms with Crippen molar-refractivity contribution in [2.75, 3.05) is 44.4 Å². The molecule has 50 heavy (non-hydrogen) atoms. The Morgan fingerprint density at radius 1 is 1.20 bits per heavy atom. The molecule has 4 aliphatic rings. The molecule has 11 nitrogen and oxygen atoms in total. The van der Waals surface area contributed by atoms with E-state index in [4.69, 9.17) is 22.1 Å². The summed E-state index contributed by atoms with van der Waals surface area (Å²) in [5.74, 6) is 5.49. The van der Waals surface area contributed by atoms with Crippen LogP contribution in [0.4, 0.5) is 29.2 Å². The zero-order valence-corrected chi connectivity index (χ0v) is 29.5. The first kappa shape index (κ1) is 36.0. The molecule has 3 aromatic heterocycles. The number of nitrogens with zero attached hydrogens (tertiary/aromatic N) is 7. The maximum Gasteiger partial charge on any atom is 0.419 e. The number of amides is 1. The lowest BCUT2D eigenvalue weighted by Gasteiger charge is -2.31. The van der Waals surface area contributed by atoms with Gasteiger partial charge in [0.1, 0.15) is 23.5 Å². The average molecular weight is 736 g/mol. The van der Waals surface area contributed by atoms with E-state index in [0.717, 1.165) is 18.5 Å². The summed E-state index contributed by atoms with van der Waals surface area (Å²) in [6.45, 7) is 4.78. The van der Waals surface area contributed by atoms with Crippen molar-refractivity contribution in [3.63, 3.8) is 0 Å². The molecule has 17 heteroatoms. The largest absolute Gasteiger partial charge is 0.467 e. The highest BCUT2D eigenvalue weighted by atomic mass is 35.5. The van der Waals surface area contributed by atoms with Crippen LogP contribution in [-0.4, -0.2) is 81.5 Å². The molecule has 3 N–H and O–H groups in total.